The molecule has 4 nitrogen and oxygen atoms in total. The zero-order valence-electron chi connectivity index (χ0n) is 11.6. The minimum Gasteiger partial charge on any atom is -0.454 e. The lowest BCUT2D eigenvalue weighted by atomic mass is 9.98. The smallest absolute Gasteiger partial charge is 0.231 e. The molecule has 0 amide bonds. The van der Waals surface area contributed by atoms with Gasteiger partial charge >= 0.3 is 0 Å². The summed E-state index contributed by atoms with van der Waals surface area (Å²) < 4.78 is 76.7. The molecule has 0 spiro atoms. The van der Waals surface area contributed by atoms with Crippen LogP contribution in [-0.2, 0) is 0 Å². The molecule has 1 aliphatic rings. The molecule has 0 saturated heterocycles. The lowest BCUT2D eigenvalue weighted by Crippen LogP contribution is -2.18. The molecule has 9 heteroatoms. The summed E-state index contributed by atoms with van der Waals surface area (Å²) >= 11 is 0. The van der Waals surface area contributed by atoms with Crippen LogP contribution in [0.15, 0.2) is 18.2 Å². The van der Waals surface area contributed by atoms with Gasteiger partial charge in [0.15, 0.2) is 40.6 Å². The van der Waals surface area contributed by atoms with Gasteiger partial charge in [-0.25, -0.2) is 22.0 Å². The van der Waals surface area contributed by atoms with Crippen molar-refractivity contribution in [2.75, 3.05) is 6.79 Å². The second kappa shape index (κ2) is 5.75. The van der Waals surface area contributed by atoms with Crippen molar-refractivity contribution in [1.29, 1.82) is 0 Å². The highest BCUT2D eigenvalue weighted by atomic mass is 19.2. The van der Waals surface area contributed by atoms with Gasteiger partial charge in [-0.3, -0.25) is 4.79 Å². The van der Waals surface area contributed by atoms with E-state index in [1.165, 1.54) is 6.07 Å². The van der Waals surface area contributed by atoms with Crippen LogP contribution in [0.5, 0.6) is 11.5 Å². The summed E-state index contributed by atoms with van der Waals surface area (Å²) in [6.07, 6.45) is -2.59. The lowest BCUT2D eigenvalue weighted by molar-refractivity contribution is 0.0727. The van der Waals surface area contributed by atoms with E-state index < -0.39 is 46.5 Å². The maximum atomic E-state index is 13.7. The summed E-state index contributed by atoms with van der Waals surface area (Å²) in [5.41, 5.74) is -1.87. The molecular formula is C15H7F5O4. The molecule has 0 unspecified atom stereocenters. The normalized spacial score (nSPS) is 13.9. The first kappa shape index (κ1) is 16.2. The van der Waals surface area contributed by atoms with Crippen molar-refractivity contribution in [2.45, 2.75) is 6.10 Å². The average molecular weight is 346 g/mol. The Morgan fingerprint density at radius 3 is 2.08 bits per heavy atom. The van der Waals surface area contributed by atoms with Crippen molar-refractivity contribution in [3.8, 4) is 11.5 Å². The summed E-state index contributed by atoms with van der Waals surface area (Å²) in [6, 6.07) is 3.59. The van der Waals surface area contributed by atoms with Crippen LogP contribution in [0.2, 0.25) is 0 Å². The largest absolute Gasteiger partial charge is 0.454 e. The maximum absolute atomic E-state index is 13.7. The monoisotopic (exact) mass is 346 g/mol. The fourth-order valence-corrected chi connectivity index (χ4v) is 2.20. The Morgan fingerprint density at radius 1 is 0.917 bits per heavy atom. The van der Waals surface area contributed by atoms with Crippen molar-refractivity contribution < 1.29 is 41.3 Å². The molecule has 1 N–H and O–H groups in total. The van der Waals surface area contributed by atoms with Gasteiger partial charge in [-0.2, -0.15) is 0 Å². The number of aliphatic hydroxyl groups excluding tert-OH is 1. The van der Waals surface area contributed by atoms with Gasteiger partial charge in [0.2, 0.25) is 12.6 Å². The van der Waals surface area contributed by atoms with E-state index in [0.717, 1.165) is 12.1 Å². The van der Waals surface area contributed by atoms with E-state index >= 15 is 0 Å². The Kier molecular flexibility index (Phi) is 3.88. The van der Waals surface area contributed by atoms with Gasteiger partial charge in [-0.15, -0.1) is 0 Å². The number of Topliss-reactive ketones (excluding diaryl/α,β-unsaturated/α-hetero) is 1. The second-order valence-corrected chi connectivity index (χ2v) is 4.82. The third-order valence-electron chi connectivity index (χ3n) is 3.42. The lowest BCUT2D eigenvalue weighted by Gasteiger charge is -2.14. The standard InChI is InChI=1S/C15H7F5O4/c16-9-8(10(17)12(19)13(20)11(9)18)15(22)14(21)5-1-2-6-7(3-5)24-4-23-6/h1-3,15,22H,4H2/t15-/m1/s1. The van der Waals surface area contributed by atoms with Gasteiger partial charge in [-0.1, -0.05) is 0 Å². The van der Waals surface area contributed by atoms with E-state index in [1.54, 1.807) is 0 Å². The van der Waals surface area contributed by atoms with Crippen molar-refractivity contribution in [1.82, 2.24) is 0 Å². The highest BCUT2D eigenvalue weighted by molar-refractivity contribution is 6.00. The van der Waals surface area contributed by atoms with Gasteiger partial charge in [0, 0.05) is 5.56 Å². The third-order valence-corrected chi connectivity index (χ3v) is 3.42. The SMILES string of the molecule is O=C(c1ccc2c(c1)OCO2)[C@H](O)c1c(F)c(F)c(F)c(F)c1F. The molecule has 126 valence electrons. The number of ketones is 1. The molecule has 1 aliphatic heterocycles. The van der Waals surface area contributed by atoms with E-state index in [1.807, 2.05) is 0 Å². The van der Waals surface area contributed by atoms with E-state index in [0.29, 0.717) is 5.75 Å². The number of fused-ring (bicyclic) bond motifs is 1. The Balaban J connectivity index is 2.03. The molecule has 24 heavy (non-hydrogen) atoms. The Hall–Kier alpha value is -2.68. The fourth-order valence-electron chi connectivity index (χ4n) is 2.20. The summed E-state index contributed by atoms with van der Waals surface area (Å²) in [6.45, 7) is -0.104. The molecule has 0 fully saturated rings. The average Bonchev–Trinajstić information content (AvgIpc) is 3.05. The number of carbonyl (C=O) groups excluding carboxylic acids is 1. The number of halogens is 5. The van der Waals surface area contributed by atoms with Crippen LogP contribution in [0.3, 0.4) is 0 Å². The van der Waals surface area contributed by atoms with Crippen LogP contribution in [-0.4, -0.2) is 17.7 Å². The quantitative estimate of drug-likeness (QED) is 0.402. The highest BCUT2D eigenvalue weighted by Gasteiger charge is 2.33. The summed E-state index contributed by atoms with van der Waals surface area (Å²) in [7, 11) is 0. The molecule has 0 saturated carbocycles. The van der Waals surface area contributed by atoms with E-state index in [9.17, 15) is 31.9 Å². The Labute approximate surface area is 131 Å². The number of rotatable bonds is 3. The van der Waals surface area contributed by atoms with Crippen LogP contribution in [0.1, 0.15) is 22.0 Å². The summed E-state index contributed by atoms with van der Waals surface area (Å²) in [5, 5.41) is 9.84. The van der Waals surface area contributed by atoms with Gasteiger partial charge in [-0.05, 0) is 18.2 Å². The zero-order valence-corrected chi connectivity index (χ0v) is 11.6. The number of aliphatic hydroxyl groups is 1. The topological polar surface area (TPSA) is 55.8 Å². The van der Waals surface area contributed by atoms with Gasteiger partial charge < -0.3 is 14.6 Å². The van der Waals surface area contributed by atoms with Crippen molar-refractivity contribution in [3.05, 3.63) is 58.4 Å². The molecule has 2 aromatic rings. The Bertz CT molecular complexity index is 823. The van der Waals surface area contributed by atoms with Crippen LogP contribution in [0, 0.1) is 29.1 Å². The number of ether oxygens (including phenoxy) is 2. The van der Waals surface area contributed by atoms with Crippen LogP contribution in [0.25, 0.3) is 0 Å². The molecule has 1 heterocycles. The molecular weight excluding hydrogens is 339 g/mol. The number of benzene rings is 2. The summed E-state index contributed by atoms with van der Waals surface area (Å²) in [5.74, 6) is -12.2. The second-order valence-electron chi connectivity index (χ2n) is 4.82. The molecule has 0 aromatic heterocycles. The van der Waals surface area contributed by atoms with Crippen LogP contribution >= 0.6 is 0 Å². The fraction of sp³-hybridized carbons (Fsp3) is 0.133. The van der Waals surface area contributed by atoms with Crippen molar-refractivity contribution >= 4 is 5.78 Å². The summed E-state index contributed by atoms with van der Waals surface area (Å²) in [4.78, 5) is 12.1. The van der Waals surface area contributed by atoms with Crippen molar-refractivity contribution in [2.24, 2.45) is 0 Å². The number of hydrogen-bond donors (Lipinski definition) is 1. The number of carbonyl (C=O) groups is 1. The molecule has 0 bridgehead atoms. The first-order valence-electron chi connectivity index (χ1n) is 6.46. The first-order chi connectivity index (χ1) is 11.3. The van der Waals surface area contributed by atoms with E-state index in [-0.39, 0.29) is 18.1 Å². The maximum Gasteiger partial charge on any atom is 0.231 e. The molecule has 2 aromatic carbocycles. The van der Waals surface area contributed by atoms with Crippen LogP contribution < -0.4 is 9.47 Å². The first-order valence-corrected chi connectivity index (χ1v) is 6.46. The van der Waals surface area contributed by atoms with Crippen LogP contribution in [0.4, 0.5) is 22.0 Å². The van der Waals surface area contributed by atoms with Gasteiger partial charge in [0.25, 0.3) is 0 Å². The predicted molar refractivity (Wildman–Crippen MR) is 68.1 cm³/mol. The highest BCUT2D eigenvalue weighted by Crippen LogP contribution is 2.35. The molecule has 0 aliphatic carbocycles. The number of hydrogen-bond acceptors (Lipinski definition) is 4. The zero-order chi connectivity index (χ0) is 17.6. The Morgan fingerprint density at radius 2 is 1.46 bits per heavy atom. The molecule has 3 rings (SSSR count). The van der Waals surface area contributed by atoms with Gasteiger partial charge in [0.1, 0.15) is 6.10 Å². The third kappa shape index (κ3) is 2.37. The van der Waals surface area contributed by atoms with E-state index in [2.05, 4.69) is 0 Å². The minimum absolute atomic E-state index is 0.104. The van der Waals surface area contributed by atoms with Gasteiger partial charge in [0.05, 0.1) is 5.56 Å². The molecule has 1 atom stereocenters. The van der Waals surface area contributed by atoms with E-state index in [4.69, 9.17) is 9.47 Å². The van der Waals surface area contributed by atoms with Crippen molar-refractivity contribution in [3.63, 3.8) is 0 Å². The molecule has 0 radical (unpaired) electrons. The predicted octanol–water partition coefficient (Wildman–Crippen LogP) is 3.03. The minimum atomic E-state index is -2.59.